The van der Waals surface area contributed by atoms with Gasteiger partial charge in [0.1, 0.15) is 0 Å². The Labute approximate surface area is 134 Å². The molecule has 0 spiro atoms. The highest BCUT2D eigenvalue weighted by atomic mass is 16.2. The van der Waals surface area contributed by atoms with Crippen LogP contribution in [0.4, 0.5) is 5.69 Å². The van der Waals surface area contributed by atoms with Crippen molar-refractivity contribution in [2.45, 2.75) is 47.0 Å². The van der Waals surface area contributed by atoms with Gasteiger partial charge in [-0.25, -0.2) is 0 Å². The van der Waals surface area contributed by atoms with Gasteiger partial charge in [0, 0.05) is 39.2 Å². The zero-order valence-electron chi connectivity index (χ0n) is 14.5. The molecule has 0 heterocycles. The smallest absolute Gasteiger partial charge is 0.224 e. The van der Waals surface area contributed by atoms with Gasteiger partial charge in [-0.05, 0) is 43.5 Å². The van der Waals surface area contributed by atoms with Crippen LogP contribution in [0.5, 0.6) is 0 Å². The van der Waals surface area contributed by atoms with Gasteiger partial charge in [0.2, 0.25) is 11.8 Å². The van der Waals surface area contributed by atoms with Gasteiger partial charge in [-0.15, -0.1) is 0 Å². The Morgan fingerprint density at radius 2 is 1.77 bits per heavy atom. The zero-order valence-corrected chi connectivity index (χ0v) is 14.5. The number of anilines is 1. The second-order valence-electron chi connectivity index (χ2n) is 5.86. The van der Waals surface area contributed by atoms with Gasteiger partial charge >= 0.3 is 0 Å². The highest BCUT2D eigenvalue weighted by Crippen LogP contribution is 2.19. The third kappa shape index (κ3) is 5.17. The third-order valence-corrected chi connectivity index (χ3v) is 4.00. The van der Waals surface area contributed by atoms with Crippen LogP contribution in [0.3, 0.4) is 0 Å². The summed E-state index contributed by atoms with van der Waals surface area (Å²) in [7, 11) is 1.83. The van der Waals surface area contributed by atoms with Crippen LogP contribution < -0.4 is 4.90 Å². The predicted molar refractivity (Wildman–Crippen MR) is 91.1 cm³/mol. The number of aryl methyl sites for hydroxylation is 2. The van der Waals surface area contributed by atoms with Gasteiger partial charge in [0.25, 0.3) is 0 Å². The van der Waals surface area contributed by atoms with Crippen LogP contribution in [-0.4, -0.2) is 36.9 Å². The van der Waals surface area contributed by atoms with E-state index in [0.717, 1.165) is 30.6 Å². The number of carbonyl (C=O) groups excluding carboxylic acids is 2. The Morgan fingerprint density at radius 3 is 2.32 bits per heavy atom. The van der Waals surface area contributed by atoms with Crippen LogP contribution in [0.1, 0.15) is 44.2 Å². The van der Waals surface area contributed by atoms with Crippen molar-refractivity contribution in [1.29, 1.82) is 0 Å². The van der Waals surface area contributed by atoms with Gasteiger partial charge in [0.15, 0.2) is 0 Å². The number of benzene rings is 1. The molecule has 0 aromatic heterocycles. The summed E-state index contributed by atoms with van der Waals surface area (Å²) < 4.78 is 0. The lowest BCUT2D eigenvalue weighted by atomic mass is 10.1. The zero-order chi connectivity index (χ0) is 16.7. The maximum absolute atomic E-state index is 12.1. The van der Waals surface area contributed by atoms with Crippen molar-refractivity contribution in [3.05, 3.63) is 29.3 Å². The standard InChI is InChI=1S/C18H28N2O2/c1-6-7-11-19(5)18(22)10-12-20(16(4)21)17-9-8-14(2)15(3)13-17/h8-9,13H,6-7,10-12H2,1-5H3. The fourth-order valence-corrected chi connectivity index (χ4v) is 2.28. The van der Waals surface area contributed by atoms with Crippen LogP contribution in [0.2, 0.25) is 0 Å². The van der Waals surface area contributed by atoms with E-state index in [1.54, 1.807) is 16.7 Å². The summed E-state index contributed by atoms with van der Waals surface area (Å²) in [6.07, 6.45) is 2.43. The second-order valence-corrected chi connectivity index (χ2v) is 5.86. The average Bonchev–Trinajstić information content (AvgIpc) is 2.47. The minimum Gasteiger partial charge on any atom is -0.346 e. The lowest BCUT2D eigenvalue weighted by Crippen LogP contribution is -2.35. The SMILES string of the molecule is CCCCN(C)C(=O)CCN(C(C)=O)c1ccc(C)c(C)c1. The van der Waals surface area contributed by atoms with Crippen molar-refractivity contribution in [2.75, 3.05) is 25.0 Å². The van der Waals surface area contributed by atoms with Gasteiger partial charge in [-0.3, -0.25) is 9.59 Å². The predicted octanol–water partition coefficient (Wildman–Crippen LogP) is 3.30. The summed E-state index contributed by atoms with van der Waals surface area (Å²) in [6.45, 7) is 8.92. The number of nitrogens with zero attached hydrogens (tertiary/aromatic N) is 2. The lowest BCUT2D eigenvalue weighted by molar-refractivity contribution is -0.129. The molecule has 22 heavy (non-hydrogen) atoms. The monoisotopic (exact) mass is 304 g/mol. The van der Waals surface area contributed by atoms with Crippen LogP contribution >= 0.6 is 0 Å². The van der Waals surface area contributed by atoms with Crippen LogP contribution in [0.25, 0.3) is 0 Å². The van der Waals surface area contributed by atoms with Gasteiger partial charge in [0.05, 0.1) is 0 Å². The molecular formula is C18H28N2O2. The van der Waals surface area contributed by atoms with Crippen molar-refractivity contribution < 1.29 is 9.59 Å². The number of unbranched alkanes of at least 4 members (excludes halogenated alkanes) is 1. The molecule has 0 unspecified atom stereocenters. The van der Waals surface area contributed by atoms with Crippen molar-refractivity contribution in [3.8, 4) is 0 Å². The normalized spacial score (nSPS) is 10.4. The van der Waals surface area contributed by atoms with Crippen molar-refractivity contribution in [1.82, 2.24) is 4.90 Å². The topological polar surface area (TPSA) is 40.6 Å². The van der Waals surface area contributed by atoms with E-state index < -0.39 is 0 Å². The van der Waals surface area contributed by atoms with E-state index in [4.69, 9.17) is 0 Å². The summed E-state index contributed by atoms with van der Waals surface area (Å²) in [4.78, 5) is 27.4. The van der Waals surface area contributed by atoms with E-state index in [1.165, 1.54) is 5.56 Å². The molecule has 0 atom stereocenters. The molecule has 4 nitrogen and oxygen atoms in total. The molecule has 0 saturated heterocycles. The van der Waals surface area contributed by atoms with Crippen molar-refractivity contribution >= 4 is 17.5 Å². The van der Waals surface area contributed by atoms with Gasteiger partial charge in [-0.2, -0.15) is 0 Å². The van der Waals surface area contributed by atoms with E-state index in [9.17, 15) is 9.59 Å². The summed E-state index contributed by atoms with van der Waals surface area (Å²) in [5.74, 6) is 0.0517. The first-order valence-corrected chi connectivity index (χ1v) is 7.96. The van der Waals surface area contributed by atoms with Crippen LogP contribution in [0.15, 0.2) is 18.2 Å². The molecule has 0 bridgehead atoms. The summed E-state index contributed by atoms with van der Waals surface area (Å²) in [5, 5.41) is 0. The number of carbonyl (C=O) groups is 2. The summed E-state index contributed by atoms with van der Waals surface area (Å²) >= 11 is 0. The fourth-order valence-electron chi connectivity index (χ4n) is 2.28. The minimum atomic E-state index is -0.0349. The highest BCUT2D eigenvalue weighted by molar-refractivity contribution is 5.92. The quantitative estimate of drug-likeness (QED) is 0.775. The molecule has 0 fully saturated rings. The number of hydrogen-bond donors (Lipinski definition) is 0. The first kappa shape index (κ1) is 18.2. The first-order chi connectivity index (χ1) is 10.4. The molecule has 1 aromatic carbocycles. The Balaban J connectivity index is 2.71. The molecule has 0 saturated carbocycles. The van der Waals surface area contributed by atoms with E-state index in [0.29, 0.717) is 13.0 Å². The first-order valence-electron chi connectivity index (χ1n) is 7.96. The molecule has 1 aromatic rings. The molecule has 0 aliphatic heterocycles. The van der Waals surface area contributed by atoms with Crippen LogP contribution in [0, 0.1) is 13.8 Å². The molecule has 0 aliphatic rings. The Kier molecular flexibility index (Phi) is 7.09. The number of hydrogen-bond acceptors (Lipinski definition) is 2. The Bertz CT molecular complexity index is 526. The maximum Gasteiger partial charge on any atom is 0.224 e. The Morgan fingerprint density at radius 1 is 1.09 bits per heavy atom. The average molecular weight is 304 g/mol. The molecule has 1 rings (SSSR count). The lowest BCUT2D eigenvalue weighted by Gasteiger charge is -2.23. The van der Waals surface area contributed by atoms with E-state index in [1.807, 2.05) is 39.1 Å². The third-order valence-electron chi connectivity index (χ3n) is 4.00. The molecule has 122 valence electrons. The van der Waals surface area contributed by atoms with E-state index >= 15 is 0 Å². The molecule has 0 aliphatic carbocycles. The summed E-state index contributed by atoms with van der Waals surface area (Å²) in [6, 6.07) is 5.95. The summed E-state index contributed by atoms with van der Waals surface area (Å²) in [5.41, 5.74) is 3.21. The molecule has 0 radical (unpaired) electrons. The van der Waals surface area contributed by atoms with E-state index in [-0.39, 0.29) is 11.8 Å². The van der Waals surface area contributed by atoms with Crippen molar-refractivity contribution in [3.63, 3.8) is 0 Å². The second kappa shape index (κ2) is 8.57. The minimum absolute atomic E-state index is 0.0349. The largest absolute Gasteiger partial charge is 0.346 e. The van der Waals surface area contributed by atoms with Gasteiger partial charge < -0.3 is 9.80 Å². The number of rotatable bonds is 7. The van der Waals surface area contributed by atoms with Crippen molar-refractivity contribution in [2.24, 2.45) is 0 Å². The maximum atomic E-state index is 12.1. The highest BCUT2D eigenvalue weighted by Gasteiger charge is 2.15. The van der Waals surface area contributed by atoms with Gasteiger partial charge in [-0.1, -0.05) is 19.4 Å². The van der Waals surface area contributed by atoms with Crippen LogP contribution in [-0.2, 0) is 9.59 Å². The number of amides is 2. The Hall–Kier alpha value is -1.84. The molecule has 0 N–H and O–H groups in total. The molecule has 2 amide bonds. The van der Waals surface area contributed by atoms with E-state index in [2.05, 4.69) is 6.92 Å². The fraction of sp³-hybridized carbons (Fsp3) is 0.556. The molecular weight excluding hydrogens is 276 g/mol. The molecule has 4 heteroatoms.